The highest BCUT2D eigenvalue weighted by atomic mass is 16.5. The van der Waals surface area contributed by atoms with Crippen molar-refractivity contribution >= 4 is 49.1 Å². The third-order valence-corrected chi connectivity index (χ3v) is 8.69. The SMILES string of the molecule is [B]C(=O)C(N)CCCCNC(=O)COCCOCCNC(=O)COCCOCCNC(=O)CCC(NC(=O)CCCCCCCCCOc1ccc(C(=O)O)cc1)C(=O)O. The standard InChI is InChI=1S/C40H64BN5O14/c41-38(51)32(42)10-7-8-18-43-36(49)28-58-26-25-57-23-20-45-37(50)29-59-27-24-56-22-19-44-34(47)17-16-33(40(54)55)46-35(48)11-6-4-2-1-3-5-9-21-60-31-14-12-30(13-15-31)39(52)53/h12-15,32-33H,1-11,16-29,42H2,(H,43,49)(H,44,47)(H,45,50)(H,46,48)(H,52,53)(H,54,55). The molecular formula is C40H64BN5O14. The van der Waals surface area contributed by atoms with Crippen LogP contribution < -0.4 is 31.7 Å². The minimum atomic E-state index is -1.21. The maximum Gasteiger partial charge on any atom is 0.335 e. The van der Waals surface area contributed by atoms with E-state index in [-0.39, 0.29) is 114 Å². The Morgan fingerprint density at radius 1 is 0.567 bits per heavy atom. The quantitative estimate of drug-likeness (QED) is 0.0357. The van der Waals surface area contributed by atoms with Gasteiger partial charge in [-0.25, -0.2) is 9.59 Å². The molecule has 8 N–H and O–H groups in total. The first-order valence-corrected chi connectivity index (χ1v) is 20.5. The van der Waals surface area contributed by atoms with Gasteiger partial charge in [-0.15, -0.1) is 0 Å². The molecule has 2 radical (unpaired) electrons. The van der Waals surface area contributed by atoms with Gasteiger partial charge in [-0.2, -0.15) is 0 Å². The lowest BCUT2D eigenvalue weighted by Gasteiger charge is -2.14. The molecule has 4 amide bonds. The van der Waals surface area contributed by atoms with Crippen molar-refractivity contribution in [2.45, 2.75) is 95.6 Å². The van der Waals surface area contributed by atoms with Crippen LogP contribution in [0.3, 0.4) is 0 Å². The third-order valence-electron chi connectivity index (χ3n) is 8.69. The Morgan fingerprint density at radius 2 is 1.10 bits per heavy atom. The van der Waals surface area contributed by atoms with Crippen molar-refractivity contribution in [1.82, 2.24) is 21.3 Å². The summed E-state index contributed by atoms with van der Waals surface area (Å²) in [4.78, 5) is 81.5. The molecule has 20 heteroatoms. The second kappa shape index (κ2) is 35.2. The topological polar surface area (TPSA) is 280 Å². The number of nitrogens with two attached hydrogens (primary N) is 1. The van der Waals surface area contributed by atoms with Gasteiger partial charge in [0, 0.05) is 32.5 Å². The van der Waals surface area contributed by atoms with Gasteiger partial charge in [-0.05, 0) is 62.8 Å². The number of amides is 4. The van der Waals surface area contributed by atoms with E-state index in [0.29, 0.717) is 44.6 Å². The molecule has 0 heterocycles. The van der Waals surface area contributed by atoms with Gasteiger partial charge in [0.1, 0.15) is 25.0 Å². The molecule has 336 valence electrons. The third kappa shape index (κ3) is 30.4. The lowest BCUT2D eigenvalue weighted by atomic mass is 9.92. The van der Waals surface area contributed by atoms with E-state index in [0.717, 1.165) is 38.5 Å². The van der Waals surface area contributed by atoms with Gasteiger partial charge in [0.15, 0.2) is 7.85 Å². The molecule has 0 bridgehead atoms. The van der Waals surface area contributed by atoms with E-state index in [4.69, 9.17) is 42.4 Å². The van der Waals surface area contributed by atoms with Crippen molar-refractivity contribution in [3.05, 3.63) is 29.8 Å². The van der Waals surface area contributed by atoms with Gasteiger partial charge >= 0.3 is 11.9 Å². The molecule has 1 rings (SSSR count). The minimum absolute atomic E-state index is 0.0527. The number of aliphatic carboxylic acids is 1. The van der Waals surface area contributed by atoms with Gasteiger partial charge in [-0.1, -0.05) is 32.1 Å². The molecular weight excluding hydrogens is 785 g/mol. The fourth-order valence-electron chi connectivity index (χ4n) is 5.30. The van der Waals surface area contributed by atoms with E-state index < -0.39 is 29.7 Å². The van der Waals surface area contributed by atoms with Gasteiger partial charge < -0.3 is 65.7 Å². The van der Waals surface area contributed by atoms with E-state index in [9.17, 15) is 38.7 Å². The molecule has 60 heavy (non-hydrogen) atoms. The zero-order valence-corrected chi connectivity index (χ0v) is 34.6. The first kappa shape index (κ1) is 53.4. The first-order chi connectivity index (χ1) is 28.9. The molecule has 0 aliphatic heterocycles. The van der Waals surface area contributed by atoms with E-state index in [1.165, 1.54) is 12.1 Å². The number of unbranched alkanes of at least 4 members (excludes halogenated alkanes) is 7. The van der Waals surface area contributed by atoms with Crippen LogP contribution in [0.15, 0.2) is 24.3 Å². The summed E-state index contributed by atoms with van der Waals surface area (Å²) in [7, 11) is 5.09. The van der Waals surface area contributed by atoms with Crippen LogP contribution in [0, 0.1) is 0 Å². The van der Waals surface area contributed by atoms with E-state index >= 15 is 0 Å². The Morgan fingerprint density at radius 3 is 1.67 bits per heavy atom. The largest absolute Gasteiger partial charge is 0.494 e. The zero-order chi connectivity index (χ0) is 44.2. The van der Waals surface area contributed by atoms with Crippen LogP contribution in [0.1, 0.15) is 93.8 Å². The summed E-state index contributed by atoms with van der Waals surface area (Å²) in [5.41, 5.74) is 5.21. The van der Waals surface area contributed by atoms with Crippen LogP contribution in [0.4, 0.5) is 0 Å². The fourth-order valence-corrected chi connectivity index (χ4v) is 5.30. The van der Waals surface area contributed by atoms with Gasteiger partial charge in [0.05, 0.1) is 63.5 Å². The van der Waals surface area contributed by atoms with Crippen LogP contribution in [0.25, 0.3) is 0 Å². The molecule has 0 saturated heterocycles. The fraction of sp³-hybridized carbons (Fsp3) is 0.675. The Hall–Kier alpha value is -4.63. The van der Waals surface area contributed by atoms with Gasteiger partial charge in [0.25, 0.3) is 0 Å². The molecule has 19 nitrogen and oxygen atoms in total. The number of carbonyl (C=O) groups is 7. The molecule has 2 atom stereocenters. The number of aromatic carboxylic acids is 1. The number of hydrogen-bond acceptors (Lipinski definition) is 13. The average molecular weight is 850 g/mol. The van der Waals surface area contributed by atoms with Crippen molar-refractivity contribution in [3.63, 3.8) is 0 Å². The van der Waals surface area contributed by atoms with Crippen LogP contribution in [-0.4, -0.2) is 150 Å². The van der Waals surface area contributed by atoms with E-state index in [2.05, 4.69) is 21.3 Å². The summed E-state index contributed by atoms with van der Waals surface area (Å²) in [6.45, 7) is 2.36. The molecule has 1 aromatic carbocycles. The lowest BCUT2D eigenvalue weighted by molar-refractivity contribution is -0.142. The number of carboxylic acids is 2. The molecule has 1 aromatic rings. The number of benzene rings is 1. The highest BCUT2D eigenvalue weighted by Crippen LogP contribution is 2.14. The van der Waals surface area contributed by atoms with Crippen LogP contribution in [0.5, 0.6) is 5.75 Å². The maximum absolute atomic E-state index is 12.3. The number of rotatable bonds is 39. The molecule has 0 saturated carbocycles. The van der Waals surface area contributed by atoms with E-state index in [1.54, 1.807) is 12.1 Å². The zero-order valence-electron chi connectivity index (χ0n) is 34.6. The Balaban J connectivity index is 1.93. The van der Waals surface area contributed by atoms with Crippen molar-refractivity contribution in [2.24, 2.45) is 5.73 Å². The molecule has 0 spiro atoms. The monoisotopic (exact) mass is 849 g/mol. The van der Waals surface area contributed by atoms with Gasteiger partial charge in [-0.3, -0.25) is 19.2 Å². The van der Waals surface area contributed by atoms with Crippen molar-refractivity contribution in [1.29, 1.82) is 0 Å². The summed E-state index contributed by atoms with van der Waals surface area (Å²) in [5, 5.41) is 28.9. The summed E-state index contributed by atoms with van der Waals surface area (Å²) < 4.78 is 26.9. The molecule has 0 aliphatic carbocycles. The van der Waals surface area contributed by atoms with Crippen molar-refractivity contribution in [2.75, 3.05) is 79.1 Å². The van der Waals surface area contributed by atoms with Crippen LogP contribution in [-0.2, 0) is 47.7 Å². The average Bonchev–Trinajstić information content (AvgIpc) is 3.21. The number of ether oxygens (including phenoxy) is 5. The van der Waals surface area contributed by atoms with Crippen LogP contribution in [0.2, 0.25) is 0 Å². The van der Waals surface area contributed by atoms with E-state index in [1.807, 2.05) is 0 Å². The summed E-state index contributed by atoms with van der Waals surface area (Å²) >= 11 is 0. The number of carboxylic acid groups (broad SMARTS) is 2. The summed E-state index contributed by atoms with van der Waals surface area (Å²) in [5.74, 6) is -2.90. The highest BCUT2D eigenvalue weighted by Gasteiger charge is 2.21. The molecule has 0 aromatic heterocycles. The molecule has 0 aliphatic rings. The Kier molecular flexibility index (Phi) is 31.3. The smallest absolute Gasteiger partial charge is 0.335 e. The first-order valence-electron chi connectivity index (χ1n) is 20.5. The predicted octanol–water partition coefficient (Wildman–Crippen LogP) is 0.842. The normalized spacial score (nSPS) is 11.9. The highest BCUT2D eigenvalue weighted by molar-refractivity contribution is 6.59. The van der Waals surface area contributed by atoms with Gasteiger partial charge in [0.2, 0.25) is 23.6 Å². The van der Waals surface area contributed by atoms with Crippen molar-refractivity contribution < 1.29 is 67.5 Å². The van der Waals surface area contributed by atoms with Crippen molar-refractivity contribution in [3.8, 4) is 5.75 Å². The number of nitrogens with one attached hydrogen (secondary N) is 4. The number of hydrogen-bond donors (Lipinski definition) is 7. The van der Waals surface area contributed by atoms with Crippen LogP contribution >= 0.6 is 0 Å². The maximum atomic E-state index is 12.3. The lowest BCUT2D eigenvalue weighted by Crippen LogP contribution is -2.41. The number of carbonyl (C=O) groups excluding carboxylic acids is 5. The minimum Gasteiger partial charge on any atom is -0.494 e. The summed E-state index contributed by atoms with van der Waals surface area (Å²) in [6.07, 6.45) is 8.16. The second-order valence-corrected chi connectivity index (χ2v) is 13.8. The molecule has 2 unspecified atom stereocenters. The summed E-state index contributed by atoms with van der Waals surface area (Å²) in [6, 6.07) is 4.44. The predicted molar refractivity (Wildman–Crippen MR) is 220 cm³/mol. The Labute approximate surface area is 353 Å². The Bertz CT molecular complexity index is 1400. The molecule has 0 fully saturated rings. The second-order valence-electron chi connectivity index (χ2n) is 13.8.